The normalized spacial score (nSPS) is 26.5. The minimum absolute atomic E-state index is 0.241. The number of hydrogen-bond acceptors (Lipinski definition) is 18. The molecule has 0 aromatic rings. The molecule has 3 fully saturated rings. The second-order valence-electron chi connectivity index (χ2n) is 29.9. The van der Waals surface area contributed by atoms with Gasteiger partial charge in [-0.15, -0.1) is 0 Å². The van der Waals surface area contributed by atoms with E-state index < -0.39 is 124 Å². The Kier molecular flexibility index (Phi) is 57.6. The molecule has 17 atom stereocenters. The Balaban J connectivity index is 1.28. The molecule has 19 nitrogen and oxygen atoms in total. The summed E-state index contributed by atoms with van der Waals surface area (Å²) in [4.78, 5) is 13.4. The van der Waals surface area contributed by atoms with Gasteiger partial charge in [-0.3, -0.25) is 4.79 Å². The highest BCUT2D eigenvalue weighted by atomic mass is 16.8. The van der Waals surface area contributed by atoms with Gasteiger partial charge < -0.3 is 89.9 Å². The molecule has 3 rings (SSSR count). The van der Waals surface area contributed by atoms with Gasteiger partial charge in [0.2, 0.25) is 5.91 Å². The van der Waals surface area contributed by atoms with Crippen LogP contribution in [0.15, 0.2) is 24.3 Å². The molecule has 12 N–H and O–H groups in total. The second-order valence-corrected chi connectivity index (χ2v) is 29.9. The van der Waals surface area contributed by atoms with E-state index in [1.165, 1.54) is 283 Å². The highest BCUT2D eigenvalue weighted by molar-refractivity contribution is 5.76. The SMILES string of the molecule is CCCCCCCCCCC/C=C/CC/C=C/C(O)C(COC1OC(CO)C(OC2OC(CO)C(OC3OC(CO)C(O)C(O)C3O)C(O)C2O)C(O)C1O)NC(=O)CCCCCCCCCCCCCCCCCCCCCCCCCCCCCCCCCCCCCCCCCC. The van der Waals surface area contributed by atoms with Crippen molar-refractivity contribution in [2.75, 3.05) is 26.4 Å². The van der Waals surface area contributed by atoms with Crippen molar-refractivity contribution in [3.8, 4) is 0 Å². The van der Waals surface area contributed by atoms with Gasteiger partial charge in [-0.1, -0.05) is 340 Å². The Labute approximate surface area is 607 Å². The third-order valence-electron chi connectivity index (χ3n) is 21.0. The van der Waals surface area contributed by atoms with Gasteiger partial charge in [0.15, 0.2) is 18.9 Å². The quantitative estimate of drug-likeness (QED) is 0.0199. The van der Waals surface area contributed by atoms with Gasteiger partial charge in [0, 0.05) is 6.42 Å². The number of hydrogen-bond donors (Lipinski definition) is 12. The first kappa shape index (κ1) is 92.5. The molecule has 100 heavy (non-hydrogen) atoms. The third kappa shape index (κ3) is 42.0. The molecule has 0 bridgehead atoms. The maximum absolute atomic E-state index is 13.4. The summed E-state index contributed by atoms with van der Waals surface area (Å²) in [6.45, 7) is 1.75. The highest BCUT2D eigenvalue weighted by Gasteiger charge is 2.54. The first-order valence-corrected chi connectivity index (χ1v) is 41.6. The van der Waals surface area contributed by atoms with E-state index in [-0.39, 0.29) is 18.9 Å². The second kappa shape index (κ2) is 62.3. The summed E-state index contributed by atoms with van der Waals surface area (Å²) in [5, 5.41) is 121. The van der Waals surface area contributed by atoms with Crippen molar-refractivity contribution in [2.24, 2.45) is 0 Å². The Morgan fingerprint density at radius 3 is 1.00 bits per heavy atom. The number of unbranched alkanes of at least 4 members (excludes halogenated alkanes) is 49. The van der Waals surface area contributed by atoms with E-state index in [4.69, 9.17) is 28.4 Å². The van der Waals surface area contributed by atoms with Crippen LogP contribution >= 0.6 is 0 Å². The lowest BCUT2D eigenvalue weighted by atomic mass is 9.96. The fourth-order valence-corrected chi connectivity index (χ4v) is 14.3. The Morgan fingerprint density at radius 2 is 0.640 bits per heavy atom. The van der Waals surface area contributed by atoms with Crippen LogP contribution in [0.4, 0.5) is 0 Å². The van der Waals surface area contributed by atoms with Gasteiger partial charge in [-0.25, -0.2) is 0 Å². The van der Waals surface area contributed by atoms with Crippen LogP contribution < -0.4 is 5.32 Å². The van der Waals surface area contributed by atoms with E-state index in [0.717, 1.165) is 38.5 Å². The minimum Gasteiger partial charge on any atom is -0.394 e. The largest absolute Gasteiger partial charge is 0.394 e. The number of rotatable bonds is 67. The molecule has 3 aliphatic rings. The maximum atomic E-state index is 13.4. The molecule has 590 valence electrons. The zero-order valence-corrected chi connectivity index (χ0v) is 63.2. The molecule has 0 saturated carbocycles. The van der Waals surface area contributed by atoms with Crippen LogP contribution in [-0.2, 0) is 33.2 Å². The number of allylic oxidation sites excluding steroid dienone is 3. The van der Waals surface area contributed by atoms with Gasteiger partial charge in [0.1, 0.15) is 73.2 Å². The average Bonchev–Trinajstić information content (AvgIpc) is 0.783. The van der Waals surface area contributed by atoms with Crippen LogP contribution in [0, 0.1) is 0 Å². The number of nitrogens with one attached hydrogen (secondary N) is 1. The molecule has 0 aromatic heterocycles. The van der Waals surface area contributed by atoms with Crippen molar-refractivity contribution in [1.82, 2.24) is 5.32 Å². The zero-order valence-electron chi connectivity index (χ0n) is 63.2. The molecule has 3 aliphatic heterocycles. The van der Waals surface area contributed by atoms with Crippen LogP contribution in [0.25, 0.3) is 0 Å². The maximum Gasteiger partial charge on any atom is 0.220 e. The summed E-state index contributed by atoms with van der Waals surface area (Å²) in [6.07, 6.45) is 49.4. The summed E-state index contributed by atoms with van der Waals surface area (Å²) in [5.74, 6) is -0.279. The molecular weight excluding hydrogens is 1270 g/mol. The predicted octanol–water partition coefficient (Wildman–Crippen LogP) is 14.1. The number of carbonyl (C=O) groups is 1. The standard InChI is InChI=1S/C81H153NO18/c1-3-5-7-9-11-13-15-17-19-20-21-22-23-24-25-26-27-28-29-30-31-32-33-34-35-36-37-38-39-40-41-42-43-45-47-49-51-53-55-57-59-69(87)82-64(65(86)58-56-54-52-50-48-46-44-18-16-14-12-10-8-6-4-2)63-95-79-75(93)72(90)77(67(61-84)97-79)100-81-76(94)73(91)78(68(62-85)98-81)99-80-74(92)71(89)70(88)66(60-83)96-80/h48,50,56,58,64-68,70-81,83-86,88-94H,3-47,49,51-55,57,59-63H2,1-2H3,(H,82,87)/b50-48+,58-56+. The Bertz CT molecular complexity index is 1900. The molecule has 17 unspecified atom stereocenters. The molecule has 3 heterocycles. The van der Waals surface area contributed by atoms with Crippen LogP contribution in [0.3, 0.4) is 0 Å². The van der Waals surface area contributed by atoms with Crippen molar-refractivity contribution in [3.05, 3.63) is 24.3 Å². The molecule has 0 aliphatic carbocycles. The van der Waals surface area contributed by atoms with Gasteiger partial charge in [-0.05, 0) is 32.1 Å². The third-order valence-corrected chi connectivity index (χ3v) is 21.0. The van der Waals surface area contributed by atoms with Crippen molar-refractivity contribution in [2.45, 2.75) is 458 Å². The smallest absolute Gasteiger partial charge is 0.220 e. The predicted molar refractivity (Wildman–Crippen MR) is 397 cm³/mol. The summed E-state index contributed by atoms with van der Waals surface area (Å²) in [6, 6.07) is -0.987. The summed E-state index contributed by atoms with van der Waals surface area (Å²) in [7, 11) is 0. The average molecular weight is 1430 g/mol. The molecule has 0 aromatic carbocycles. The van der Waals surface area contributed by atoms with Gasteiger partial charge in [0.05, 0.1) is 38.6 Å². The molecule has 0 spiro atoms. The van der Waals surface area contributed by atoms with E-state index in [1.54, 1.807) is 6.08 Å². The molecule has 1 amide bonds. The van der Waals surface area contributed by atoms with Crippen molar-refractivity contribution in [1.29, 1.82) is 0 Å². The van der Waals surface area contributed by atoms with E-state index in [1.807, 2.05) is 6.08 Å². The summed E-state index contributed by atoms with van der Waals surface area (Å²) >= 11 is 0. The zero-order chi connectivity index (χ0) is 72.5. The van der Waals surface area contributed by atoms with Crippen LogP contribution in [-0.4, -0.2) is 193 Å². The first-order valence-electron chi connectivity index (χ1n) is 41.6. The number of amides is 1. The lowest BCUT2D eigenvalue weighted by Crippen LogP contribution is -2.66. The lowest BCUT2D eigenvalue weighted by Gasteiger charge is -2.48. The molecule has 19 heteroatoms. The minimum atomic E-state index is -1.98. The van der Waals surface area contributed by atoms with Crippen LogP contribution in [0.2, 0.25) is 0 Å². The van der Waals surface area contributed by atoms with Gasteiger partial charge in [0.25, 0.3) is 0 Å². The fraction of sp³-hybridized carbons (Fsp3) is 0.938. The van der Waals surface area contributed by atoms with E-state index in [0.29, 0.717) is 12.8 Å². The van der Waals surface area contributed by atoms with Crippen molar-refractivity contribution >= 4 is 5.91 Å². The number of carbonyl (C=O) groups excluding carboxylic acids is 1. The molecule has 3 saturated heterocycles. The fourth-order valence-electron chi connectivity index (χ4n) is 14.3. The van der Waals surface area contributed by atoms with E-state index in [9.17, 15) is 61.0 Å². The van der Waals surface area contributed by atoms with Gasteiger partial charge >= 0.3 is 0 Å². The highest BCUT2D eigenvalue weighted by Crippen LogP contribution is 2.33. The molecular formula is C81H153NO18. The van der Waals surface area contributed by atoms with Crippen LogP contribution in [0.5, 0.6) is 0 Å². The number of aliphatic hydroxyl groups excluding tert-OH is 11. The van der Waals surface area contributed by atoms with E-state index in [2.05, 4.69) is 31.3 Å². The molecule has 0 radical (unpaired) electrons. The van der Waals surface area contributed by atoms with Gasteiger partial charge in [-0.2, -0.15) is 0 Å². The lowest BCUT2D eigenvalue weighted by molar-refractivity contribution is -0.379. The van der Waals surface area contributed by atoms with E-state index >= 15 is 0 Å². The first-order chi connectivity index (χ1) is 48.8. The monoisotopic (exact) mass is 1430 g/mol. The summed E-state index contributed by atoms with van der Waals surface area (Å²) in [5.41, 5.74) is 0. The number of ether oxygens (including phenoxy) is 6. The van der Waals surface area contributed by atoms with Crippen LogP contribution in [0.1, 0.15) is 354 Å². The Hall–Kier alpha value is -1.73. The van der Waals surface area contributed by atoms with Crippen molar-refractivity contribution < 1.29 is 89.4 Å². The summed E-state index contributed by atoms with van der Waals surface area (Å²) < 4.78 is 34.4. The number of aliphatic hydroxyl groups is 11. The topological polar surface area (TPSA) is 307 Å². The Morgan fingerprint density at radius 1 is 0.350 bits per heavy atom. The van der Waals surface area contributed by atoms with Crippen molar-refractivity contribution in [3.63, 3.8) is 0 Å².